The van der Waals surface area contributed by atoms with Crippen LogP contribution in [0.4, 0.5) is 5.95 Å². The van der Waals surface area contributed by atoms with Crippen LogP contribution in [0.15, 0.2) is 12.3 Å². The van der Waals surface area contributed by atoms with Gasteiger partial charge in [-0.05, 0) is 13.8 Å². The number of morpholine rings is 1. The zero-order valence-electron chi connectivity index (χ0n) is 13.4. The minimum Gasteiger partial charge on any atom is -0.475 e. The topological polar surface area (TPSA) is 59.5 Å². The van der Waals surface area contributed by atoms with E-state index in [2.05, 4.69) is 34.0 Å². The molecule has 2 rings (SSSR count). The van der Waals surface area contributed by atoms with Gasteiger partial charge in [-0.25, -0.2) is 4.98 Å². The summed E-state index contributed by atoms with van der Waals surface area (Å²) >= 11 is 0. The van der Waals surface area contributed by atoms with Crippen LogP contribution in [0.3, 0.4) is 0 Å². The molecule has 0 spiro atoms. The van der Waals surface area contributed by atoms with Crippen molar-refractivity contribution in [3.8, 4) is 5.88 Å². The fraction of sp³-hybridized carbons (Fsp3) is 0.733. The standard InChI is InChI=1S/C15H26N4O2/c1-11(2)17-9-13-10-20-8-7-19(13)15-16-6-5-14(18-15)21-12(3)4/h5-6,11-13,17H,7-10H2,1-4H3. The third-order valence-corrected chi connectivity index (χ3v) is 3.22. The van der Waals surface area contributed by atoms with Crippen molar-refractivity contribution in [1.82, 2.24) is 15.3 Å². The van der Waals surface area contributed by atoms with Crippen LogP contribution in [-0.2, 0) is 4.74 Å². The maximum Gasteiger partial charge on any atom is 0.229 e. The highest BCUT2D eigenvalue weighted by atomic mass is 16.5. The molecule has 118 valence electrons. The van der Waals surface area contributed by atoms with Crippen LogP contribution in [0.1, 0.15) is 27.7 Å². The second-order valence-electron chi connectivity index (χ2n) is 5.85. The highest BCUT2D eigenvalue weighted by molar-refractivity contribution is 5.34. The van der Waals surface area contributed by atoms with Crippen molar-refractivity contribution in [3.63, 3.8) is 0 Å². The molecule has 0 saturated carbocycles. The van der Waals surface area contributed by atoms with E-state index in [0.717, 1.165) is 13.1 Å². The molecular weight excluding hydrogens is 268 g/mol. The van der Waals surface area contributed by atoms with E-state index >= 15 is 0 Å². The van der Waals surface area contributed by atoms with E-state index in [1.807, 2.05) is 13.8 Å². The largest absolute Gasteiger partial charge is 0.475 e. The first kappa shape index (κ1) is 16.0. The third kappa shape index (κ3) is 4.82. The molecule has 6 heteroatoms. The predicted molar refractivity (Wildman–Crippen MR) is 82.9 cm³/mol. The average Bonchev–Trinajstić information content (AvgIpc) is 2.45. The summed E-state index contributed by atoms with van der Waals surface area (Å²) in [6, 6.07) is 2.49. The molecule has 0 radical (unpaired) electrons. The lowest BCUT2D eigenvalue weighted by Gasteiger charge is -2.36. The van der Waals surface area contributed by atoms with Gasteiger partial charge < -0.3 is 19.7 Å². The number of nitrogens with one attached hydrogen (secondary N) is 1. The Morgan fingerprint density at radius 1 is 1.43 bits per heavy atom. The molecule has 21 heavy (non-hydrogen) atoms. The molecule has 2 heterocycles. The number of rotatable bonds is 6. The maximum atomic E-state index is 5.65. The lowest BCUT2D eigenvalue weighted by molar-refractivity contribution is 0.0921. The Morgan fingerprint density at radius 3 is 2.95 bits per heavy atom. The quantitative estimate of drug-likeness (QED) is 0.857. The summed E-state index contributed by atoms with van der Waals surface area (Å²) in [7, 11) is 0. The number of aromatic nitrogens is 2. The van der Waals surface area contributed by atoms with E-state index < -0.39 is 0 Å². The minimum atomic E-state index is 0.107. The van der Waals surface area contributed by atoms with Crippen molar-refractivity contribution in [1.29, 1.82) is 0 Å². The van der Waals surface area contributed by atoms with Gasteiger partial charge in [0.15, 0.2) is 0 Å². The number of anilines is 1. The summed E-state index contributed by atoms with van der Waals surface area (Å²) < 4.78 is 11.2. The molecular formula is C15H26N4O2. The molecule has 0 bridgehead atoms. The minimum absolute atomic E-state index is 0.107. The molecule has 1 unspecified atom stereocenters. The number of ether oxygens (including phenoxy) is 2. The van der Waals surface area contributed by atoms with E-state index in [0.29, 0.717) is 31.1 Å². The van der Waals surface area contributed by atoms with Crippen LogP contribution < -0.4 is 15.0 Å². The van der Waals surface area contributed by atoms with Crippen LogP contribution in [0, 0.1) is 0 Å². The smallest absolute Gasteiger partial charge is 0.229 e. The second-order valence-corrected chi connectivity index (χ2v) is 5.85. The monoisotopic (exact) mass is 294 g/mol. The lowest BCUT2D eigenvalue weighted by Crippen LogP contribution is -2.52. The average molecular weight is 294 g/mol. The lowest BCUT2D eigenvalue weighted by atomic mass is 10.2. The molecule has 1 aromatic rings. The van der Waals surface area contributed by atoms with Crippen LogP contribution >= 0.6 is 0 Å². The van der Waals surface area contributed by atoms with Crippen molar-refractivity contribution in [2.24, 2.45) is 0 Å². The normalized spacial score (nSPS) is 19.3. The Balaban J connectivity index is 2.09. The van der Waals surface area contributed by atoms with Gasteiger partial charge >= 0.3 is 0 Å². The fourth-order valence-electron chi connectivity index (χ4n) is 2.24. The maximum absolute atomic E-state index is 5.65. The Hall–Kier alpha value is -1.40. The third-order valence-electron chi connectivity index (χ3n) is 3.22. The highest BCUT2D eigenvalue weighted by Crippen LogP contribution is 2.18. The van der Waals surface area contributed by atoms with E-state index in [1.54, 1.807) is 12.3 Å². The van der Waals surface area contributed by atoms with Gasteiger partial charge in [0.2, 0.25) is 11.8 Å². The molecule has 1 saturated heterocycles. The highest BCUT2D eigenvalue weighted by Gasteiger charge is 2.25. The summed E-state index contributed by atoms with van der Waals surface area (Å²) in [6.07, 6.45) is 1.86. The molecule has 1 aromatic heterocycles. The van der Waals surface area contributed by atoms with Gasteiger partial charge in [0, 0.05) is 31.4 Å². The second kappa shape index (κ2) is 7.56. The van der Waals surface area contributed by atoms with E-state index in [-0.39, 0.29) is 12.1 Å². The first-order valence-electron chi connectivity index (χ1n) is 7.63. The number of nitrogens with zero attached hydrogens (tertiary/aromatic N) is 3. The van der Waals surface area contributed by atoms with Crippen LogP contribution in [0.5, 0.6) is 5.88 Å². The van der Waals surface area contributed by atoms with Gasteiger partial charge in [-0.1, -0.05) is 13.8 Å². The van der Waals surface area contributed by atoms with Crippen molar-refractivity contribution in [2.75, 3.05) is 31.2 Å². The summed E-state index contributed by atoms with van der Waals surface area (Å²) in [5, 5.41) is 3.45. The van der Waals surface area contributed by atoms with Crippen molar-refractivity contribution < 1.29 is 9.47 Å². The van der Waals surface area contributed by atoms with E-state index in [1.165, 1.54) is 0 Å². The van der Waals surface area contributed by atoms with Crippen molar-refractivity contribution in [2.45, 2.75) is 45.9 Å². The van der Waals surface area contributed by atoms with Gasteiger partial charge in [-0.15, -0.1) is 0 Å². The molecule has 1 aliphatic rings. The Labute approximate surface area is 126 Å². The molecule has 1 fully saturated rings. The molecule has 0 amide bonds. The molecule has 6 nitrogen and oxygen atoms in total. The molecule has 1 N–H and O–H groups in total. The van der Waals surface area contributed by atoms with Gasteiger partial charge in [0.25, 0.3) is 0 Å². The van der Waals surface area contributed by atoms with Gasteiger partial charge in [-0.2, -0.15) is 4.98 Å². The molecule has 1 atom stereocenters. The summed E-state index contributed by atoms with van der Waals surface area (Å²) in [5.74, 6) is 1.34. The Kier molecular flexibility index (Phi) is 5.76. The summed E-state index contributed by atoms with van der Waals surface area (Å²) in [5.41, 5.74) is 0. The summed E-state index contributed by atoms with van der Waals surface area (Å²) in [4.78, 5) is 11.1. The fourth-order valence-corrected chi connectivity index (χ4v) is 2.24. The SMILES string of the molecule is CC(C)NCC1COCCN1c1nccc(OC(C)C)n1. The first-order valence-corrected chi connectivity index (χ1v) is 7.63. The van der Waals surface area contributed by atoms with E-state index in [4.69, 9.17) is 9.47 Å². The van der Waals surface area contributed by atoms with Gasteiger partial charge in [-0.3, -0.25) is 0 Å². The number of hydrogen-bond donors (Lipinski definition) is 1. The Bertz CT molecular complexity index is 439. The molecule has 1 aliphatic heterocycles. The first-order chi connectivity index (χ1) is 10.1. The van der Waals surface area contributed by atoms with Crippen LogP contribution in [-0.4, -0.2) is 54.5 Å². The molecule has 0 aliphatic carbocycles. The van der Waals surface area contributed by atoms with Crippen molar-refractivity contribution >= 4 is 5.95 Å². The van der Waals surface area contributed by atoms with Crippen LogP contribution in [0.25, 0.3) is 0 Å². The van der Waals surface area contributed by atoms with Gasteiger partial charge in [0.1, 0.15) is 0 Å². The van der Waals surface area contributed by atoms with E-state index in [9.17, 15) is 0 Å². The van der Waals surface area contributed by atoms with Crippen LogP contribution in [0.2, 0.25) is 0 Å². The zero-order valence-corrected chi connectivity index (χ0v) is 13.4. The van der Waals surface area contributed by atoms with Gasteiger partial charge in [0.05, 0.1) is 25.4 Å². The predicted octanol–water partition coefficient (Wildman–Crippen LogP) is 1.47. The molecule has 0 aromatic carbocycles. The number of hydrogen-bond acceptors (Lipinski definition) is 6. The summed E-state index contributed by atoms with van der Waals surface area (Å²) in [6.45, 7) is 11.3. The Morgan fingerprint density at radius 2 is 2.24 bits per heavy atom. The van der Waals surface area contributed by atoms with Crippen molar-refractivity contribution in [3.05, 3.63) is 12.3 Å². The zero-order chi connectivity index (χ0) is 15.2.